The predicted molar refractivity (Wildman–Crippen MR) is 117 cm³/mol. The average molecular weight is 466 g/mol. The van der Waals surface area contributed by atoms with Crippen LogP contribution in [-0.2, 0) is 11.3 Å². The lowest BCUT2D eigenvalue weighted by molar-refractivity contribution is -0.142. The first-order chi connectivity index (χ1) is 16.4. The van der Waals surface area contributed by atoms with E-state index in [2.05, 4.69) is 25.5 Å². The van der Waals surface area contributed by atoms with Gasteiger partial charge in [0.15, 0.2) is 17.5 Å². The number of benzene rings is 1. The monoisotopic (exact) mass is 466 g/mol. The fourth-order valence-corrected chi connectivity index (χ4v) is 4.16. The molecule has 0 amide bonds. The highest BCUT2D eigenvalue weighted by Gasteiger charge is 2.42. The van der Waals surface area contributed by atoms with Gasteiger partial charge in [-0.3, -0.25) is 4.68 Å². The van der Waals surface area contributed by atoms with Crippen molar-refractivity contribution in [1.82, 2.24) is 24.9 Å². The number of hydrogen-bond acceptors (Lipinski definition) is 7. The number of nitrogens with zero attached hydrogens (tertiary/aromatic N) is 5. The summed E-state index contributed by atoms with van der Waals surface area (Å²) in [4.78, 5) is 20.2. The van der Waals surface area contributed by atoms with Gasteiger partial charge in [0.1, 0.15) is 29.0 Å². The van der Waals surface area contributed by atoms with E-state index in [1.165, 1.54) is 17.0 Å². The fraction of sp³-hybridized carbons (Fsp3) is 0.261. The number of hydrogen-bond donors (Lipinski definition) is 2. The summed E-state index contributed by atoms with van der Waals surface area (Å²) in [6, 6.07) is 9.60. The van der Waals surface area contributed by atoms with E-state index in [0.29, 0.717) is 29.8 Å². The van der Waals surface area contributed by atoms with Crippen molar-refractivity contribution in [3.63, 3.8) is 0 Å². The molecule has 5 rings (SSSR count). The SMILES string of the molecule is O=C(O)C1(Nc2nc(-c3cc(-c4ccon4)n(Cc4ccccc4F)n3)ncc2F)CCCC1. The molecule has 1 aliphatic carbocycles. The van der Waals surface area contributed by atoms with Crippen LogP contribution < -0.4 is 5.32 Å². The highest BCUT2D eigenvalue weighted by atomic mass is 19.1. The van der Waals surface area contributed by atoms with Gasteiger partial charge >= 0.3 is 5.97 Å². The summed E-state index contributed by atoms with van der Waals surface area (Å²) in [6.07, 6.45) is 4.56. The van der Waals surface area contributed by atoms with Crippen LogP contribution in [0.25, 0.3) is 22.9 Å². The summed E-state index contributed by atoms with van der Waals surface area (Å²) in [6.45, 7) is 0.100. The Labute approximate surface area is 192 Å². The summed E-state index contributed by atoms with van der Waals surface area (Å²) in [7, 11) is 0. The minimum absolute atomic E-state index is 0.0828. The molecule has 2 N–H and O–H groups in total. The number of rotatable bonds is 7. The minimum atomic E-state index is -1.28. The van der Waals surface area contributed by atoms with E-state index in [4.69, 9.17) is 4.52 Å². The standard InChI is InChI=1S/C23H20F2N6O3/c24-15-6-2-1-5-14(15)13-31-19(17-7-10-34-30-17)11-18(29-31)21-26-12-16(25)20(27-21)28-23(22(32)33)8-3-4-9-23/h1-2,5-7,10-12H,3-4,8-9,13H2,(H,32,33)(H,26,27,28). The molecule has 1 saturated carbocycles. The Morgan fingerprint density at radius 3 is 2.65 bits per heavy atom. The van der Waals surface area contributed by atoms with Gasteiger partial charge < -0.3 is 14.9 Å². The zero-order valence-corrected chi connectivity index (χ0v) is 17.9. The summed E-state index contributed by atoms with van der Waals surface area (Å²) >= 11 is 0. The van der Waals surface area contributed by atoms with Gasteiger partial charge in [0.2, 0.25) is 0 Å². The molecule has 0 atom stereocenters. The third-order valence-electron chi connectivity index (χ3n) is 5.96. The second-order valence-corrected chi connectivity index (χ2v) is 8.16. The lowest BCUT2D eigenvalue weighted by atomic mass is 9.98. The molecule has 3 aromatic heterocycles. The third-order valence-corrected chi connectivity index (χ3v) is 5.96. The molecule has 0 bridgehead atoms. The number of aromatic nitrogens is 5. The number of carbonyl (C=O) groups is 1. The van der Waals surface area contributed by atoms with Gasteiger partial charge in [-0.1, -0.05) is 36.2 Å². The van der Waals surface area contributed by atoms with Crippen molar-refractivity contribution in [2.24, 2.45) is 0 Å². The smallest absolute Gasteiger partial charge is 0.329 e. The average Bonchev–Trinajstić information content (AvgIpc) is 3.58. The molecule has 0 radical (unpaired) electrons. The van der Waals surface area contributed by atoms with Crippen molar-refractivity contribution in [1.29, 1.82) is 0 Å². The third kappa shape index (κ3) is 4.00. The molecule has 1 aromatic carbocycles. The molecule has 34 heavy (non-hydrogen) atoms. The molecule has 11 heteroatoms. The van der Waals surface area contributed by atoms with E-state index in [9.17, 15) is 18.7 Å². The van der Waals surface area contributed by atoms with Crippen molar-refractivity contribution >= 4 is 11.8 Å². The van der Waals surface area contributed by atoms with Crippen LogP contribution >= 0.6 is 0 Å². The van der Waals surface area contributed by atoms with Crippen molar-refractivity contribution in [2.45, 2.75) is 37.8 Å². The molecular weight excluding hydrogens is 446 g/mol. The molecule has 1 aliphatic rings. The maximum Gasteiger partial charge on any atom is 0.329 e. The lowest BCUT2D eigenvalue weighted by Gasteiger charge is -2.26. The van der Waals surface area contributed by atoms with E-state index in [0.717, 1.165) is 19.0 Å². The highest BCUT2D eigenvalue weighted by molar-refractivity contribution is 5.83. The summed E-state index contributed by atoms with van der Waals surface area (Å²) in [5, 5.41) is 21.0. The molecule has 0 spiro atoms. The second-order valence-electron chi connectivity index (χ2n) is 8.16. The molecule has 1 fully saturated rings. The van der Waals surface area contributed by atoms with Crippen molar-refractivity contribution in [3.8, 4) is 22.9 Å². The van der Waals surface area contributed by atoms with E-state index >= 15 is 0 Å². The normalized spacial score (nSPS) is 14.9. The van der Waals surface area contributed by atoms with Crippen molar-refractivity contribution < 1.29 is 23.2 Å². The molecule has 0 saturated heterocycles. The molecule has 3 heterocycles. The number of anilines is 1. The first-order valence-electron chi connectivity index (χ1n) is 10.7. The molecule has 0 aliphatic heterocycles. The summed E-state index contributed by atoms with van der Waals surface area (Å²) in [5.74, 6) is -2.32. The van der Waals surface area contributed by atoms with Gasteiger partial charge in [-0.15, -0.1) is 0 Å². The first kappa shape index (κ1) is 21.7. The van der Waals surface area contributed by atoms with Crippen LogP contribution in [-0.4, -0.2) is 41.5 Å². The van der Waals surface area contributed by atoms with Crippen LogP contribution in [0.1, 0.15) is 31.2 Å². The van der Waals surface area contributed by atoms with E-state index in [-0.39, 0.29) is 29.7 Å². The zero-order valence-electron chi connectivity index (χ0n) is 17.9. The summed E-state index contributed by atoms with van der Waals surface area (Å²) in [5.41, 5.74) is 0.406. The van der Waals surface area contributed by atoms with E-state index in [1.54, 1.807) is 30.3 Å². The Hall–Kier alpha value is -4.15. The van der Waals surface area contributed by atoms with Gasteiger partial charge in [-0.25, -0.2) is 23.5 Å². The van der Waals surface area contributed by atoms with Crippen LogP contribution in [0.3, 0.4) is 0 Å². The maximum atomic E-state index is 14.5. The Bertz CT molecular complexity index is 1330. The van der Waals surface area contributed by atoms with Crippen molar-refractivity contribution in [2.75, 3.05) is 5.32 Å². The first-order valence-corrected chi connectivity index (χ1v) is 10.7. The fourth-order valence-electron chi connectivity index (χ4n) is 4.16. The minimum Gasteiger partial charge on any atom is -0.480 e. The van der Waals surface area contributed by atoms with E-state index in [1.807, 2.05) is 0 Å². The quantitative estimate of drug-likeness (QED) is 0.417. The number of carboxylic acid groups (broad SMARTS) is 1. The largest absolute Gasteiger partial charge is 0.480 e. The van der Waals surface area contributed by atoms with Crippen molar-refractivity contribution in [3.05, 3.63) is 66.1 Å². The molecule has 4 aromatic rings. The summed E-state index contributed by atoms with van der Waals surface area (Å²) < 4.78 is 35.3. The molecule has 9 nitrogen and oxygen atoms in total. The Kier molecular flexibility index (Phi) is 5.52. The predicted octanol–water partition coefficient (Wildman–Crippen LogP) is 4.13. The number of carboxylic acids is 1. The maximum absolute atomic E-state index is 14.5. The Balaban J connectivity index is 1.53. The van der Waals surface area contributed by atoms with Gasteiger partial charge in [0.05, 0.1) is 18.4 Å². The zero-order chi connectivity index (χ0) is 23.7. The van der Waals surface area contributed by atoms with Gasteiger partial charge in [0.25, 0.3) is 0 Å². The second kappa shape index (κ2) is 8.65. The lowest BCUT2D eigenvalue weighted by Crippen LogP contribution is -2.44. The van der Waals surface area contributed by atoms with Crippen LogP contribution in [0.2, 0.25) is 0 Å². The number of nitrogens with one attached hydrogen (secondary N) is 1. The molecular formula is C23H20F2N6O3. The number of aliphatic carboxylic acids is 1. The van der Waals surface area contributed by atoms with Crippen LogP contribution in [0.4, 0.5) is 14.6 Å². The van der Waals surface area contributed by atoms with Crippen LogP contribution in [0.5, 0.6) is 0 Å². The molecule has 0 unspecified atom stereocenters. The van der Waals surface area contributed by atoms with E-state index < -0.39 is 17.3 Å². The van der Waals surface area contributed by atoms with Gasteiger partial charge in [-0.2, -0.15) is 5.10 Å². The van der Waals surface area contributed by atoms with Gasteiger partial charge in [0, 0.05) is 11.6 Å². The Morgan fingerprint density at radius 2 is 1.94 bits per heavy atom. The molecule has 174 valence electrons. The van der Waals surface area contributed by atoms with Gasteiger partial charge in [-0.05, 0) is 25.0 Å². The Morgan fingerprint density at radius 1 is 1.15 bits per heavy atom. The highest BCUT2D eigenvalue weighted by Crippen LogP contribution is 2.34. The van der Waals surface area contributed by atoms with Crippen LogP contribution in [0.15, 0.2) is 53.4 Å². The topological polar surface area (TPSA) is 119 Å². The number of halogens is 2. The van der Waals surface area contributed by atoms with Crippen LogP contribution in [0, 0.1) is 11.6 Å².